The van der Waals surface area contributed by atoms with Crippen LogP contribution in [0.3, 0.4) is 0 Å². The highest BCUT2D eigenvalue weighted by atomic mass is 35.5. The Bertz CT molecular complexity index is 458. The first-order valence-electron chi connectivity index (χ1n) is 7.73. The Kier molecular flexibility index (Phi) is 7.15. The van der Waals surface area contributed by atoms with Gasteiger partial charge < -0.3 is 24.7 Å². The number of halogens is 1. The first-order chi connectivity index (χ1) is 10.4. The third-order valence-electron chi connectivity index (χ3n) is 4.53. The highest BCUT2D eigenvalue weighted by Crippen LogP contribution is 2.15. The molecule has 2 aliphatic heterocycles. The van der Waals surface area contributed by atoms with Crippen LogP contribution in [0.1, 0.15) is 19.8 Å². The second-order valence-electron chi connectivity index (χ2n) is 6.28. The number of likely N-dealkylation sites (tertiary alicyclic amines) is 1. The van der Waals surface area contributed by atoms with Crippen molar-refractivity contribution < 1.29 is 14.7 Å². The molecule has 1 N–H and O–H groups in total. The minimum absolute atomic E-state index is 0. The van der Waals surface area contributed by atoms with Crippen molar-refractivity contribution in [1.82, 2.24) is 19.6 Å². The minimum Gasteiger partial charge on any atom is -0.480 e. The van der Waals surface area contributed by atoms with E-state index in [4.69, 9.17) is 5.11 Å². The maximum atomic E-state index is 12.2. The van der Waals surface area contributed by atoms with Crippen LogP contribution in [-0.2, 0) is 9.59 Å². The summed E-state index contributed by atoms with van der Waals surface area (Å²) in [5.74, 6) is -0.656. The number of likely N-dealkylation sites (N-methyl/N-ethyl adjacent to an activating group) is 1. The number of carbonyl (C=O) groups is 2. The van der Waals surface area contributed by atoms with E-state index in [0.29, 0.717) is 25.7 Å². The monoisotopic (exact) mass is 346 g/mol. The van der Waals surface area contributed by atoms with E-state index in [2.05, 4.69) is 4.90 Å². The lowest BCUT2D eigenvalue weighted by atomic mass is 10.2. The van der Waals surface area contributed by atoms with Crippen molar-refractivity contribution in [3.05, 3.63) is 12.4 Å². The van der Waals surface area contributed by atoms with Gasteiger partial charge in [0.1, 0.15) is 6.04 Å². The molecule has 0 bridgehead atoms. The Balaban J connectivity index is 0.00000264. The first kappa shape index (κ1) is 19.6. The van der Waals surface area contributed by atoms with E-state index in [1.165, 1.54) is 0 Å². The average molecular weight is 347 g/mol. The molecular formula is C15H27ClN4O3. The van der Waals surface area contributed by atoms with Crippen molar-refractivity contribution in [3.63, 3.8) is 0 Å². The molecule has 0 aromatic carbocycles. The zero-order valence-electron chi connectivity index (χ0n) is 14.0. The SMILES string of the molecule is C[C@@H](C(=O)O)N1C=CN(CCC(=O)N2CCC(N(C)C)C2)C1.Cl. The number of hydrogen-bond donors (Lipinski definition) is 1. The molecule has 0 saturated carbocycles. The first-order valence-corrected chi connectivity index (χ1v) is 7.73. The molecule has 2 heterocycles. The van der Waals surface area contributed by atoms with Crippen LogP contribution in [0.25, 0.3) is 0 Å². The van der Waals surface area contributed by atoms with E-state index in [1.54, 1.807) is 18.0 Å². The van der Waals surface area contributed by atoms with Crippen molar-refractivity contribution in [2.45, 2.75) is 31.8 Å². The topological polar surface area (TPSA) is 67.3 Å². The highest BCUT2D eigenvalue weighted by molar-refractivity contribution is 5.85. The standard InChI is InChI=1S/C15H26N4O3.ClH/c1-12(15(21)22)19-9-8-17(11-19)6-5-14(20)18-7-4-13(10-18)16(2)3;/h8-9,12-13H,4-7,10-11H2,1-3H3,(H,21,22);1H/t12-,13?;/m0./s1. The summed E-state index contributed by atoms with van der Waals surface area (Å²) in [6.45, 7) is 4.46. The van der Waals surface area contributed by atoms with Gasteiger partial charge in [0.25, 0.3) is 0 Å². The lowest BCUT2D eigenvalue weighted by molar-refractivity contribution is -0.142. The maximum Gasteiger partial charge on any atom is 0.326 e. The number of rotatable bonds is 6. The minimum atomic E-state index is -0.839. The van der Waals surface area contributed by atoms with Gasteiger partial charge in [-0.25, -0.2) is 4.79 Å². The molecule has 132 valence electrons. The molecule has 23 heavy (non-hydrogen) atoms. The van der Waals surface area contributed by atoms with Crippen LogP contribution >= 0.6 is 12.4 Å². The number of hydrogen-bond acceptors (Lipinski definition) is 5. The van der Waals surface area contributed by atoms with E-state index < -0.39 is 12.0 Å². The van der Waals surface area contributed by atoms with Crippen molar-refractivity contribution in [2.24, 2.45) is 0 Å². The number of aliphatic carboxylic acids is 1. The summed E-state index contributed by atoms with van der Waals surface area (Å²) in [6, 6.07) is -0.0843. The van der Waals surface area contributed by atoms with Gasteiger partial charge in [-0.2, -0.15) is 0 Å². The molecule has 8 heteroatoms. The summed E-state index contributed by atoms with van der Waals surface area (Å²) in [5, 5.41) is 9.00. The molecule has 2 rings (SSSR count). The highest BCUT2D eigenvalue weighted by Gasteiger charge is 2.28. The quantitative estimate of drug-likeness (QED) is 0.754. The van der Waals surface area contributed by atoms with Gasteiger partial charge in [0.05, 0.1) is 6.67 Å². The molecule has 0 aromatic rings. The molecule has 1 fully saturated rings. The second kappa shape index (κ2) is 8.40. The molecular weight excluding hydrogens is 320 g/mol. The Morgan fingerprint density at radius 2 is 2.04 bits per heavy atom. The summed E-state index contributed by atoms with van der Waals surface area (Å²) in [5.41, 5.74) is 0. The van der Waals surface area contributed by atoms with Gasteiger partial charge in [-0.3, -0.25) is 4.79 Å². The zero-order valence-corrected chi connectivity index (χ0v) is 14.8. The molecule has 1 amide bonds. The van der Waals surface area contributed by atoms with Gasteiger partial charge in [0.2, 0.25) is 5.91 Å². The van der Waals surface area contributed by atoms with Crippen LogP contribution in [-0.4, -0.2) is 89.1 Å². The molecule has 7 nitrogen and oxygen atoms in total. The maximum absolute atomic E-state index is 12.2. The Morgan fingerprint density at radius 3 is 2.61 bits per heavy atom. The number of carbonyl (C=O) groups excluding carboxylic acids is 1. The van der Waals surface area contributed by atoms with E-state index in [0.717, 1.165) is 19.5 Å². The van der Waals surface area contributed by atoms with E-state index in [1.807, 2.05) is 30.1 Å². The van der Waals surface area contributed by atoms with Gasteiger partial charge in [0, 0.05) is 44.5 Å². The molecule has 2 aliphatic rings. The largest absolute Gasteiger partial charge is 0.480 e. The second-order valence-corrected chi connectivity index (χ2v) is 6.28. The van der Waals surface area contributed by atoms with Gasteiger partial charge >= 0.3 is 5.97 Å². The Hall–Kier alpha value is -1.47. The normalized spacial score (nSPS) is 21.7. The summed E-state index contributed by atoms with van der Waals surface area (Å²) >= 11 is 0. The van der Waals surface area contributed by atoms with Gasteiger partial charge in [-0.15, -0.1) is 12.4 Å². The molecule has 1 unspecified atom stereocenters. The Labute approximate surface area is 143 Å². The van der Waals surface area contributed by atoms with Crippen molar-refractivity contribution in [1.29, 1.82) is 0 Å². The molecule has 2 atom stereocenters. The average Bonchev–Trinajstić information content (AvgIpc) is 3.13. The van der Waals surface area contributed by atoms with Gasteiger partial charge in [-0.05, 0) is 27.4 Å². The van der Waals surface area contributed by atoms with Crippen molar-refractivity contribution in [2.75, 3.05) is 40.4 Å². The van der Waals surface area contributed by atoms with Crippen LogP contribution in [0.5, 0.6) is 0 Å². The number of carboxylic acid groups (broad SMARTS) is 1. The number of carboxylic acids is 1. The third kappa shape index (κ3) is 5.00. The molecule has 0 aliphatic carbocycles. The zero-order chi connectivity index (χ0) is 16.3. The Morgan fingerprint density at radius 1 is 1.35 bits per heavy atom. The molecule has 0 spiro atoms. The van der Waals surface area contributed by atoms with Gasteiger partial charge in [0.15, 0.2) is 0 Å². The predicted octanol–water partition coefficient (Wildman–Crippen LogP) is 0.480. The molecule has 0 radical (unpaired) electrons. The summed E-state index contributed by atoms with van der Waals surface area (Å²) in [4.78, 5) is 31.0. The lowest BCUT2D eigenvalue weighted by Crippen LogP contribution is -2.39. The number of amides is 1. The fraction of sp³-hybridized carbons (Fsp3) is 0.733. The number of nitrogens with zero attached hydrogens (tertiary/aromatic N) is 4. The van der Waals surface area contributed by atoms with Gasteiger partial charge in [-0.1, -0.05) is 0 Å². The van der Waals surface area contributed by atoms with Crippen molar-refractivity contribution in [3.8, 4) is 0 Å². The molecule has 1 saturated heterocycles. The van der Waals surface area contributed by atoms with Crippen LogP contribution in [0.2, 0.25) is 0 Å². The van der Waals surface area contributed by atoms with Crippen LogP contribution in [0, 0.1) is 0 Å². The van der Waals surface area contributed by atoms with Crippen molar-refractivity contribution >= 4 is 24.3 Å². The lowest BCUT2D eigenvalue weighted by Gasteiger charge is -2.25. The summed E-state index contributed by atoms with van der Waals surface area (Å²) < 4.78 is 0. The fourth-order valence-electron chi connectivity index (χ4n) is 2.81. The van der Waals surface area contributed by atoms with Crippen LogP contribution < -0.4 is 0 Å². The van der Waals surface area contributed by atoms with E-state index in [-0.39, 0.29) is 18.3 Å². The van der Waals surface area contributed by atoms with E-state index in [9.17, 15) is 9.59 Å². The van der Waals surface area contributed by atoms with Crippen LogP contribution in [0.4, 0.5) is 0 Å². The molecule has 0 aromatic heterocycles. The summed E-state index contributed by atoms with van der Waals surface area (Å²) in [7, 11) is 4.09. The van der Waals surface area contributed by atoms with E-state index >= 15 is 0 Å². The third-order valence-corrected chi connectivity index (χ3v) is 4.53. The fourth-order valence-corrected chi connectivity index (χ4v) is 2.81. The smallest absolute Gasteiger partial charge is 0.326 e. The van der Waals surface area contributed by atoms with Crippen LogP contribution in [0.15, 0.2) is 12.4 Å². The predicted molar refractivity (Wildman–Crippen MR) is 90.2 cm³/mol. The summed E-state index contributed by atoms with van der Waals surface area (Å²) in [6.07, 6.45) is 5.15.